The van der Waals surface area contributed by atoms with Crippen LogP contribution in [0.25, 0.3) is 151 Å². The first kappa shape index (κ1) is 65.4. The molecule has 0 aliphatic heterocycles. The monoisotopic (exact) mass is 1320 g/mol. The van der Waals surface area contributed by atoms with Crippen molar-refractivity contribution in [3.63, 3.8) is 0 Å². The van der Waals surface area contributed by atoms with Crippen molar-refractivity contribution in [2.24, 2.45) is 0 Å². The van der Waals surface area contributed by atoms with E-state index in [1.807, 2.05) is 0 Å². The summed E-state index contributed by atoms with van der Waals surface area (Å²) in [6.45, 7) is 29.5. The van der Waals surface area contributed by atoms with E-state index in [0.717, 1.165) is 39.3 Å². The lowest BCUT2D eigenvalue weighted by Crippen LogP contribution is -2.10. The molecule has 3 nitrogen and oxygen atoms in total. The van der Waals surface area contributed by atoms with Gasteiger partial charge in [-0.2, -0.15) is 0 Å². The summed E-state index contributed by atoms with van der Waals surface area (Å²) in [6.07, 6.45) is 9.02. The molecule has 0 fully saturated rings. The van der Waals surface area contributed by atoms with Gasteiger partial charge in [0.25, 0.3) is 0 Å². The first-order chi connectivity index (χ1) is 48.9. The van der Waals surface area contributed by atoms with E-state index in [9.17, 15) is 0 Å². The zero-order chi connectivity index (χ0) is 70.6. The Morgan fingerprint density at radius 1 is 0.196 bits per heavy atom. The molecule has 0 saturated heterocycles. The number of hydrogen-bond donors (Lipinski definition) is 0. The van der Waals surface area contributed by atoms with Gasteiger partial charge < -0.3 is 13.7 Å². The number of benzene rings is 13. The third kappa shape index (κ3) is 12.4. The normalized spacial score (nSPS) is 12.7. The summed E-state index contributed by atoms with van der Waals surface area (Å²) in [5, 5.41) is 7.39. The van der Waals surface area contributed by atoms with Crippen LogP contribution in [0.3, 0.4) is 0 Å². The SMILES string of the molecule is Cc1ccc(-n2c3ccc(/C=C/c4ccc(-n5c6ccc(-c7ccc(C(C)(C)C)cc7)cc6c6cc(-c7ccc(C(C)(C)C)cc7)ccc65)cc4)cc3c3cc(/C=C/c4ccc(-n5c6ccc(-c7ccc(C(C)(C)C)cc7)cc6c6cc(-c7ccc(C(C)(C)C)cc7)ccc65)cc4)ccc32)cc1. The standard InChI is InChI=1S/C99H89N3/c1-64-14-46-81(47-15-64)100-90-52-24-67(18-16-65-20-48-82(49-21-65)101-92-54-34-73(69-26-38-77(39-27-69)96(2,3)4)60-86(92)87-61-74(35-55-93(87)101)70-28-40-78(41-29-70)97(5,6)7)58-84(90)85-59-68(25-53-91(85)100)19-17-66-22-50-83(51-23-66)102-94-56-36-75(71-30-42-79(43-31-71)98(8,9)10)62-88(94)89-63-76(37-57-95(89)102)72-32-44-80(45-33-72)99(11,12)13/h14-63H,1-13H3/b18-16+,19-17+. The molecule has 0 aliphatic carbocycles. The first-order valence-corrected chi connectivity index (χ1v) is 36.3. The van der Waals surface area contributed by atoms with Crippen LogP contribution < -0.4 is 0 Å². The van der Waals surface area contributed by atoms with E-state index in [1.54, 1.807) is 0 Å². The van der Waals surface area contributed by atoms with Crippen molar-refractivity contribution in [1.82, 2.24) is 13.7 Å². The topological polar surface area (TPSA) is 14.8 Å². The quantitative estimate of drug-likeness (QED) is 0.115. The molecule has 0 radical (unpaired) electrons. The van der Waals surface area contributed by atoms with Crippen LogP contribution in [0.1, 0.15) is 133 Å². The molecular weight excluding hydrogens is 1230 g/mol. The van der Waals surface area contributed by atoms with Crippen molar-refractivity contribution in [1.29, 1.82) is 0 Å². The van der Waals surface area contributed by atoms with Gasteiger partial charge in [-0.15, -0.1) is 0 Å². The van der Waals surface area contributed by atoms with Gasteiger partial charge in [0.1, 0.15) is 0 Å². The van der Waals surface area contributed by atoms with Gasteiger partial charge in [0, 0.05) is 49.4 Å². The number of hydrogen-bond acceptors (Lipinski definition) is 0. The van der Waals surface area contributed by atoms with Crippen LogP contribution in [0.15, 0.2) is 279 Å². The van der Waals surface area contributed by atoms with E-state index in [2.05, 4.69) is 407 Å². The molecule has 0 saturated carbocycles. The largest absolute Gasteiger partial charge is 0.309 e. The second-order valence-electron chi connectivity index (χ2n) is 32.5. The molecule has 3 aromatic heterocycles. The summed E-state index contributed by atoms with van der Waals surface area (Å²) in [6, 6.07) is 105. The number of nitrogens with zero attached hydrogens (tertiary/aromatic N) is 3. The maximum absolute atomic E-state index is 2.44. The van der Waals surface area contributed by atoms with Crippen molar-refractivity contribution in [3.05, 3.63) is 329 Å². The molecule has 16 rings (SSSR count). The van der Waals surface area contributed by atoms with Gasteiger partial charge >= 0.3 is 0 Å². The lowest BCUT2D eigenvalue weighted by atomic mass is 9.86. The molecular formula is C99H89N3. The lowest BCUT2D eigenvalue weighted by molar-refractivity contribution is 0.590. The number of fused-ring (bicyclic) bond motifs is 9. The summed E-state index contributed by atoms with van der Waals surface area (Å²) in [5.74, 6) is 0. The molecule has 0 atom stereocenters. The summed E-state index contributed by atoms with van der Waals surface area (Å²) in [4.78, 5) is 0. The minimum absolute atomic E-state index is 0.0885. The van der Waals surface area contributed by atoms with Crippen LogP contribution in [0, 0.1) is 6.92 Å². The van der Waals surface area contributed by atoms with Crippen LogP contribution in [0.4, 0.5) is 0 Å². The lowest BCUT2D eigenvalue weighted by Gasteiger charge is -2.19. The maximum Gasteiger partial charge on any atom is 0.0541 e. The molecule has 102 heavy (non-hydrogen) atoms. The molecule has 0 spiro atoms. The zero-order valence-electron chi connectivity index (χ0n) is 61.2. The number of aromatic nitrogens is 3. The average molecular weight is 1320 g/mol. The highest BCUT2D eigenvalue weighted by molar-refractivity contribution is 6.14. The smallest absolute Gasteiger partial charge is 0.0541 e. The van der Waals surface area contributed by atoms with Crippen LogP contribution >= 0.6 is 0 Å². The Kier molecular flexibility index (Phi) is 16.1. The van der Waals surface area contributed by atoms with Gasteiger partial charge in [-0.3, -0.25) is 0 Å². The van der Waals surface area contributed by atoms with Gasteiger partial charge in [-0.1, -0.05) is 283 Å². The van der Waals surface area contributed by atoms with Crippen LogP contribution in [-0.4, -0.2) is 13.7 Å². The van der Waals surface area contributed by atoms with E-state index in [1.165, 1.54) is 138 Å². The van der Waals surface area contributed by atoms with E-state index in [-0.39, 0.29) is 21.7 Å². The molecule has 3 heterocycles. The van der Waals surface area contributed by atoms with E-state index in [4.69, 9.17) is 0 Å². The summed E-state index contributed by atoms with van der Waals surface area (Å²) in [5.41, 5.74) is 31.8. The van der Waals surface area contributed by atoms with Crippen LogP contribution in [-0.2, 0) is 21.7 Å². The first-order valence-electron chi connectivity index (χ1n) is 36.3. The Balaban J connectivity index is 0.707. The molecule has 3 heteroatoms. The van der Waals surface area contributed by atoms with Crippen molar-refractivity contribution >= 4 is 89.7 Å². The highest BCUT2D eigenvalue weighted by Gasteiger charge is 2.22. The summed E-state index contributed by atoms with van der Waals surface area (Å²) in [7, 11) is 0. The van der Waals surface area contributed by atoms with Crippen molar-refractivity contribution in [3.8, 4) is 61.6 Å². The minimum Gasteiger partial charge on any atom is -0.309 e. The van der Waals surface area contributed by atoms with Gasteiger partial charge in [0.15, 0.2) is 0 Å². The van der Waals surface area contributed by atoms with Crippen LogP contribution in [0.5, 0.6) is 0 Å². The molecule has 0 amide bonds. The Hall–Kier alpha value is -11.3. The Morgan fingerprint density at radius 3 is 0.637 bits per heavy atom. The Bertz CT molecular complexity index is 5360. The summed E-state index contributed by atoms with van der Waals surface area (Å²) >= 11 is 0. The molecule has 500 valence electrons. The number of rotatable bonds is 11. The van der Waals surface area contributed by atoms with Gasteiger partial charge in [0.05, 0.1) is 33.1 Å². The molecule has 0 N–H and O–H groups in total. The Labute approximate surface area is 602 Å². The van der Waals surface area contributed by atoms with E-state index in [0.29, 0.717) is 0 Å². The highest BCUT2D eigenvalue weighted by Crippen LogP contribution is 2.42. The second-order valence-corrected chi connectivity index (χ2v) is 32.5. The molecule has 0 bridgehead atoms. The third-order valence-electron chi connectivity index (χ3n) is 21.2. The van der Waals surface area contributed by atoms with Crippen molar-refractivity contribution in [2.75, 3.05) is 0 Å². The van der Waals surface area contributed by atoms with E-state index >= 15 is 0 Å². The fraction of sp³-hybridized carbons (Fsp3) is 0.172. The fourth-order valence-electron chi connectivity index (χ4n) is 15.1. The number of aryl methyl sites for hydroxylation is 1. The van der Waals surface area contributed by atoms with Gasteiger partial charge in [-0.05, 0) is 227 Å². The van der Waals surface area contributed by atoms with E-state index < -0.39 is 0 Å². The molecule has 0 aliphatic rings. The second kappa shape index (κ2) is 25.1. The predicted molar refractivity (Wildman–Crippen MR) is 441 cm³/mol. The zero-order valence-corrected chi connectivity index (χ0v) is 61.2. The highest BCUT2D eigenvalue weighted by atomic mass is 15.0. The molecule has 0 unspecified atom stereocenters. The third-order valence-corrected chi connectivity index (χ3v) is 21.2. The fourth-order valence-corrected chi connectivity index (χ4v) is 15.1. The van der Waals surface area contributed by atoms with Gasteiger partial charge in [-0.25, -0.2) is 0 Å². The molecule has 16 aromatic rings. The predicted octanol–water partition coefficient (Wildman–Crippen LogP) is 27.5. The van der Waals surface area contributed by atoms with Crippen molar-refractivity contribution < 1.29 is 0 Å². The maximum atomic E-state index is 2.44. The molecule has 13 aromatic carbocycles. The minimum atomic E-state index is 0.0885. The van der Waals surface area contributed by atoms with Crippen LogP contribution in [0.2, 0.25) is 0 Å². The summed E-state index contributed by atoms with van der Waals surface area (Å²) < 4.78 is 7.29. The average Bonchev–Trinajstić information content (AvgIpc) is 1.59. The van der Waals surface area contributed by atoms with Gasteiger partial charge in [0.2, 0.25) is 0 Å². The Morgan fingerprint density at radius 2 is 0.392 bits per heavy atom. The van der Waals surface area contributed by atoms with Crippen molar-refractivity contribution in [2.45, 2.75) is 112 Å².